The predicted molar refractivity (Wildman–Crippen MR) is 71.8 cm³/mol. The van der Waals surface area contributed by atoms with Gasteiger partial charge in [0.25, 0.3) is 0 Å². The molecule has 0 bridgehead atoms. The van der Waals surface area contributed by atoms with E-state index in [1.165, 1.54) is 44.9 Å². The Bertz CT molecular complexity index is 509. The van der Waals surface area contributed by atoms with E-state index in [2.05, 4.69) is 0 Å². The molecular weight excluding hydrogens is 245 g/mol. The standard InChI is InChI=1S/C15H18FNO2/c1-10(18)14-9-13(16)5-6-15(14)17(11(2)19)8-7-12-3-4-12/h5-6,9,12H,3-4,7-8H2,1-2H3. The molecule has 0 heterocycles. The lowest BCUT2D eigenvalue weighted by Gasteiger charge is -2.23. The zero-order chi connectivity index (χ0) is 14.0. The smallest absolute Gasteiger partial charge is 0.223 e. The third-order valence-electron chi connectivity index (χ3n) is 3.47. The van der Waals surface area contributed by atoms with Crippen molar-refractivity contribution in [1.29, 1.82) is 0 Å². The van der Waals surface area contributed by atoms with Crippen LogP contribution >= 0.6 is 0 Å². The van der Waals surface area contributed by atoms with Crippen LogP contribution in [0, 0.1) is 11.7 Å². The minimum Gasteiger partial charge on any atom is -0.312 e. The molecule has 19 heavy (non-hydrogen) atoms. The van der Waals surface area contributed by atoms with Crippen LogP contribution in [0.1, 0.15) is 43.5 Å². The highest BCUT2D eigenvalue weighted by Crippen LogP contribution is 2.33. The van der Waals surface area contributed by atoms with Crippen LogP contribution in [0.15, 0.2) is 18.2 Å². The molecule has 0 unspecified atom stereocenters. The Morgan fingerprint density at radius 1 is 1.32 bits per heavy atom. The maximum absolute atomic E-state index is 13.2. The minimum atomic E-state index is -0.459. The SMILES string of the molecule is CC(=O)c1cc(F)ccc1N(CCC1CC1)C(C)=O. The molecule has 1 aromatic carbocycles. The first-order valence-corrected chi connectivity index (χ1v) is 6.57. The summed E-state index contributed by atoms with van der Waals surface area (Å²) in [6.45, 7) is 3.45. The highest BCUT2D eigenvalue weighted by molar-refractivity contribution is 6.04. The molecule has 0 saturated heterocycles. The van der Waals surface area contributed by atoms with Gasteiger partial charge in [0.1, 0.15) is 5.82 Å². The second kappa shape index (κ2) is 5.51. The zero-order valence-corrected chi connectivity index (χ0v) is 11.3. The molecule has 1 aliphatic rings. The summed E-state index contributed by atoms with van der Waals surface area (Å²) in [7, 11) is 0. The first-order valence-electron chi connectivity index (χ1n) is 6.57. The van der Waals surface area contributed by atoms with Gasteiger partial charge >= 0.3 is 0 Å². The number of carbonyl (C=O) groups is 2. The van der Waals surface area contributed by atoms with Crippen LogP contribution in [0.5, 0.6) is 0 Å². The number of hydrogen-bond donors (Lipinski definition) is 0. The molecular formula is C15H18FNO2. The number of anilines is 1. The Morgan fingerprint density at radius 3 is 2.53 bits per heavy atom. The molecule has 4 heteroatoms. The van der Waals surface area contributed by atoms with Gasteiger partial charge < -0.3 is 4.90 Å². The van der Waals surface area contributed by atoms with E-state index in [4.69, 9.17) is 0 Å². The van der Waals surface area contributed by atoms with E-state index in [0.717, 1.165) is 6.42 Å². The van der Waals surface area contributed by atoms with E-state index >= 15 is 0 Å². The molecule has 3 nitrogen and oxygen atoms in total. The lowest BCUT2D eigenvalue weighted by molar-refractivity contribution is -0.116. The Labute approximate surface area is 112 Å². The highest BCUT2D eigenvalue weighted by atomic mass is 19.1. The van der Waals surface area contributed by atoms with Crippen LogP contribution in [-0.4, -0.2) is 18.2 Å². The maximum Gasteiger partial charge on any atom is 0.223 e. The lowest BCUT2D eigenvalue weighted by atomic mass is 10.1. The Balaban J connectivity index is 2.28. The van der Waals surface area contributed by atoms with Crippen LogP contribution < -0.4 is 4.90 Å². The molecule has 1 aliphatic carbocycles. The second-order valence-electron chi connectivity index (χ2n) is 5.12. The molecule has 102 valence electrons. The Hall–Kier alpha value is -1.71. The van der Waals surface area contributed by atoms with Crippen molar-refractivity contribution < 1.29 is 14.0 Å². The second-order valence-corrected chi connectivity index (χ2v) is 5.12. The van der Waals surface area contributed by atoms with Gasteiger partial charge in [0.05, 0.1) is 5.69 Å². The third kappa shape index (κ3) is 3.40. The van der Waals surface area contributed by atoms with Gasteiger partial charge in [-0.1, -0.05) is 12.8 Å². The van der Waals surface area contributed by atoms with Gasteiger partial charge in [-0.15, -0.1) is 0 Å². The number of Topliss-reactive ketones (excluding diaryl/α,β-unsaturated/α-hetero) is 1. The number of hydrogen-bond acceptors (Lipinski definition) is 2. The maximum atomic E-state index is 13.2. The summed E-state index contributed by atoms with van der Waals surface area (Å²) in [5.41, 5.74) is 0.785. The van der Waals surface area contributed by atoms with Crippen molar-refractivity contribution in [3.05, 3.63) is 29.6 Å². The van der Waals surface area contributed by atoms with Crippen LogP contribution in [0.4, 0.5) is 10.1 Å². The van der Waals surface area contributed by atoms with E-state index in [1.54, 1.807) is 4.90 Å². The lowest BCUT2D eigenvalue weighted by Crippen LogP contribution is -2.31. The highest BCUT2D eigenvalue weighted by Gasteiger charge is 2.24. The third-order valence-corrected chi connectivity index (χ3v) is 3.47. The van der Waals surface area contributed by atoms with Crippen molar-refractivity contribution in [3.63, 3.8) is 0 Å². The topological polar surface area (TPSA) is 37.4 Å². The van der Waals surface area contributed by atoms with Crippen LogP contribution in [0.3, 0.4) is 0 Å². The molecule has 1 saturated carbocycles. The Morgan fingerprint density at radius 2 is 2.00 bits per heavy atom. The molecule has 1 amide bonds. The summed E-state index contributed by atoms with van der Waals surface area (Å²) in [6, 6.07) is 4.00. The summed E-state index contributed by atoms with van der Waals surface area (Å²) >= 11 is 0. The summed E-state index contributed by atoms with van der Waals surface area (Å²) < 4.78 is 13.2. The fourth-order valence-corrected chi connectivity index (χ4v) is 2.19. The monoisotopic (exact) mass is 263 g/mol. The molecule has 2 rings (SSSR count). The fourth-order valence-electron chi connectivity index (χ4n) is 2.19. The van der Waals surface area contributed by atoms with Crippen molar-refractivity contribution in [1.82, 2.24) is 0 Å². The predicted octanol–water partition coefficient (Wildman–Crippen LogP) is 3.18. The summed E-state index contributed by atoms with van der Waals surface area (Å²) in [4.78, 5) is 24.9. The summed E-state index contributed by atoms with van der Waals surface area (Å²) in [6.07, 6.45) is 3.37. The van der Waals surface area contributed by atoms with Gasteiger partial charge in [0.15, 0.2) is 5.78 Å². The molecule has 1 aromatic rings. The normalized spacial score (nSPS) is 14.3. The van der Waals surface area contributed by atoms with Gasteiger partial charge in [0, 0.05) is 19.0 Å². The largest absolute Gasteiger partial charge is 0.312 e. The Kier molecular flexibility index (Phi) is 3.98. The number of carbonyl (C=O) groups excluding carboxylic acids is 2. The quantitative estimate of drug-likeness (QED) is 0.765. The summed E-state index contributed by atoms with van der Waals surface area (Å²) in [5, 5.41) is 0. The zero-order valence-electron chi connectivity index (χ0n) is 11.3. The molecule has 0 aromatic heterocycles. The van der Waals surface area contributed by atoms with Crippen molar-refractivity contribution in [2.24, 2.45) is 5.92 Å². The van der Waals surface area contributed by atoms with Gasteiger partial charge in [-0.3, -0.25) is 9.59 Å². The van der Waals surface area contributed by atoms with Gasteiger partial charge in [-0.05, 0) is 37.5 Å². The average molecular weight is 263 g/mol. The number of halogens is 1. The molecule has 1 fully saturated rings. The van der Waals surface area contributed by atoms with E-state index in [-0.39, 0.29) is 17.3 Å². The first kappa shape index (κ1) is 13.7. The van der Waals surface area contributed by atoms with Gasteiger partial charge in [0.2, 0.25) is 5.91 Å². The van der Waals surface area contributed by atoms with E-state index in [9.17, 15) is 14.0 Å². The van der Waals surface area contributed by atoms with Crippen molar-refractivity contribution in [2.75, 3.05) is 11.4 Å². The van der Waals surface area contributed by atoms with E-state index < -0.39 is 5.82 Å². The number of amides is 1. The van der Waals surface area contributed by atoms with Crippen molar-refractivity contribution in [2.45, 2.75) is 33.1 Å². The number of rotatable bonds is 5. The van der Waals surface area contributed by atoms with E-state index in [0.29, 0.717) is 18.2 Å². The van der Waals surface area contributed by atoms with Crippen molar-refractivity contribution in [3.8, 4) is 0 Å². The summed E-state index contributed by atoms with van der Waals surface area (Å²) in [5.74, 6) is -0.107. The fraction of sp³-hybridized carbons (Fsp3) is 0.467. The number of ketones is 1. The van der Waals surface area contributed by atoms with Gasteiger partial charge in [-0.25, -0.2) is 4.39 Å². The van der Waals surface area contributed by atoms with Crippen LogP contribution in [-0.2, 0) is 4.79 Å². The minimum absolute atomic E-state index is 0.116. The number of nitrogens with zero attached hydrogens (tertiary/aromatic N) is 1. The van der Waals surface area contributed by atoms with Crippen LogP contribution in [0.2, 0.25) is 0 Å². The molecule has 0 spiro atoms. The first-order chi connectivity index (χ1) is 8.99. The molecule has 0 atom stereocenters. The van der Waals surface area contributed by atoms with Crippen LogP contribution in [0.25, 0.3) is 0 Å². The van der Waals surface area contributed by atoms with Crippen molar-refractivity contribution >= 4 is 17.4 Å². The van der Waals surface area contributed by atoms with Gasteiger partial charge in [-0.2, -0.15) is 0 Å². The molecule has 0 N–H and O–H groups in total. The molecule has 0 radical (unpaired) electrons. The number of benzene rings is 1. The average Bonchev–Trinajstić information content (AvgIpc) is 3.14. The molecule has 0 aliphatic heterocycles. The van der Waals surface area contributed by atoms with E-state index in [1.807, 2.05) is 0 Å².